The highest BCUT2D eigenvalue weighted by Crippen LogP contribution is 2.26. The summed E-state index contributed by atoms with van der Waals surface area (Å²) in [5.41, 5.74) is 3.61. The van der Waals surface area contributed by atoms with Gasteiger partial charge in [0.25, 0.3) is 0 Å². The molecule has 114 valence electrons. The van der Waals surface area contributed by atoms with Crippen LogP contribution in [-0.4, -0.2) is 24.3 Å². The molecule has 1 fully saturated rings. The molecule has 4 nitrogen and oxygen atoms in total. The molecule has 4 heteroatoms. The second-order valence-corrected chi connectivity index (χ2v) is 5.54. The molecule has 3 rings (SSSR count). The van der Waals surface area contributed by atoms with Gasteiger partial charge in [0.1, 0.15) is 0 Å². The van der Waals surface area contributed by atoms with E-state index in [1.165, 1.54) is 5.56 Å². The maximum absolute atomic E-state index is 11.0. The van der Waals surface area contributed by atoms with Gasteiger partial charge in [0.15, 0.2) is 0 Å². The summed E-state index contributed by atoms with van der Waals surface area (Å²) in [4.78, 5) is 11.0. The number of hydrogen-bond acceptors (Lipinski definition) is 3. The molecule has 1 unspecified atom stereocenters. The summed E-state index contributed by atoms with van der Waals surface area (Å²) < 4.78 is 5.41. The monoisotopic (exact) mass is 297 g/mol. The standard InChI is InChI=1S/C18H19NO3/c20-18(21)15-3-1-2-13(10-15)11-19-17-6-4-14(5-7-17)16-8-9-22-12-16/h1-7,10,16,19H,8-9,11-12H2,(H,20,21). The molecule has 2 aromatic carbocycles. The lowest BCUT2D eigenvalue weighted by Crippen LogP contribution is -2.03. The number of anilines is 1. The Labute approximate surface area is 129 Å². The molecule has 0 saturated carbocycles. The summed E-state index contributed by atoms with van der Waals surface area (Å²) in [7, 11) is 0. The van der Waals surface area contributed by atoms with Gasteiger partial charge in [0, 0.05) is 24.8 Å². The van der Waals surface area contributed by atoms with Crippen molar-refractivity contribution in [3.05, 3.63) is 65.2 Å². The summed E-state index contributed by atoms with van der Waals surface area (Å²) in [6, 6.07) is 15.4. The summed E-state index contributed by atoms with van der Waals surface area (Å²) >= 11 is 0. The SMILES string of the molecule is O=C(O)c1cccc(CNc2ccc(C3CCOC3)cc2)c1. The molecular weight excluding hydrogens is 278 g/mol. The van der Waals surface area contributed by atoms with E-state index >= 15 is 0 Å². The van der Waals surface area contributed by atoms with Crippen LogP contribution in [0, 0.1) is 0 Å². The van der Waals surface area contributed by atoms with E-state index < -0.39 is 5.97 Å². The van der Waals surface area contributed by atoms with Crippen LogP contribution >= 0.6 is 0 Å². The molecule has 0 spiro atoms. The topological polar surface area (TPSA) is 58.6 Å². The molecule has 0 amide bonds. The van der Waals surface area contributed by atoms with Crippen molar-refractivity contribution >= 4 is 11.7 Å². The zero-order chi connectivity index (χ0) is 15.4. The van der Waals surface area contributed by atoms with E-state index in [9.17, 15) is 4.79 Å². The van der Waals surface area contributed by atoms with E-state index in [1.807, 2.05) is 6.07 Å². The second kappa shape index (κ2) is 6.62. The maximum atomic E-state index is 11.0. The average Bonchev–Trinajstić information content (AvgIpc) is 3.08. The Balaban J connectivity index is 1.61. The molecule has 0 aromatic heterocycles. The number of carbonyl (C=O) groups is 1. The number of ether oxygens (including phenoxy) is 1. The van der Waals surface area contributed by atoms with E-state index in [2.05, 4.69) is 29.6 Å². The van der Waals surface area contributed by atoms with Crippen LogP contribution in [0.25, 0.3) is 0 Å². The Hall–Kier alpha value is -2.33. The summed E-state index contributed by atoms with van der Waals surface area (Å²) in [5.74, 6) is -0.383. The predicted molar refractivity (Wildman–Crippen MR) is 85.3 cm³/mol. The number of aromatic carboxylic acids is 1. The lowest BCUT2D eigenvalue weighted by Gasteiger charge is -2.11. The van der Waals surface area contributed by atoms with Gasteiger partial charge >= 0.3 is 5.97 Å². The van der Waals surface area contributed by atoms with E-state index in [0.717, 1.165) is 30.9 Å². The van der Waals surface area contributed by atoms with E-state index in [4.69, 9.17) is 9.84 Å². The minimum atomic E-state index is -0.898. The second-order valence-electron chi connectivity index (χ2n) is 5.54. The van der Waals surface area contributed by atoms with Crippen LogP contribution in [0.15, 0.2) is 48.5 Å². The fourth-order valence-electron chi connectivity index (χ4n) is 2.69. The number of nitrogens with one attached hydrogen (secondary N) is 1. The molecule has 0 bridgehead atoms. The molecule has 22 heavy (non-hydrogen) atoms. The number of hydrogen-bond donors (Lipinski definition) is 2. The van der Waals surface area contributed by atoms with Gasteiger partial charge in [0.2, 0.25) is 0 Å². The number of carboxylic acid groups (broad SMARTS) is 1. The molecule has 0 radical (unpaired) electrons. The van der Waals surface area contributed by atoms with Crippen LogP contribution in [0.3, 0.4) is 0 Å². The Morgan fingerprint density at radius 1 is 1.23 bits per heavy atom. The van der Waals surface area contributed by atoms with Crippen LogP contribution in [0.4, 0.5) is 5.69 Å². The lowest BCUT2D eigenvalue weighted by atomic mass is 9.98. The third kappa shape index (κ3) is 3.46. The molecule has 2 N–H and O–H groups in total. The van der Waals surface area contributed by atoms with Gasteiger partial charge in [-0.15, -0.1) is 0 Å². The van der Waals surface area contributed by atoms with E-state index in [-0.39, 0.29) is 0 Å². The summed E-state index contributed by atoms with van der Waals surface area (Å²) in [6.07, 6.45) is 1.09. The van der Waals surface area contributed by atoms with Gasteiger partial charge in [-0.3, -0.25) is 0 Å². The van der Waals surface area contributed by atoms with Crippen LogP contribution in [0.2, 0.25) is 0 Å². The van der Waals surface area contributed by atoms with Crippen molar-refractivity contribution in [3.8, 4) is 0 Å². The van der Waals surface area contributed by atoms with E-state index in [0.29, 0.717) is 18.0 Å². The third-order valence-electron chi connectivity index (χ3n) is 3.98. The quantitative estimate of drug-likeness (QED) is 0.887. The Morgan fingerprint density at radius 2 is 2.05 bits per heavy atom. The minimum absolute atomic E-state index is 0.316. The predicted octanol–water partition coefficient (Wildman–Crippen LogP) is 3.50. The number of rotatable bonds is 5. The highest BCUT2D eigenvalue weighted by Gasteiger charge is 2.17. The highest BCUT2D eigenvalue weighted by atomic mass is 16.5. The first-order valence-corrected chi connectivity index (χ1v) is 7.46. The van der Waals surface area contributed by atoms with Crippen molar-refractivity contribution in [2.45, 2.75) is 18.9 Å². The lowest BCUT2D eigenvalue weighted by molar-refractivity contribution is 0.0697. The van der Waals surface area contributed by atoms with Crippen molar-refractivity contribution in [3.63, 3.8) is 0 Å². The van der Waals surface area contributed by atoms with Gasteiger partial charge in [-0.1, -0.05) is 24.3 Å². The minimum Gasteiger partial charge on any atom is -0.478 e. The summed E-state index contributed by atoms with van der Waals surface area (Å²) in [6.45, 7) is 2.27. The third-order valence-corrected chi connectivity index (χ3v) is 3.98. The first-order valence-electron chi connectivity index (χ1n) is 7.46. The van der Waals surface area contributed by atoms with Crippen molar-refractivity contribution < 1.29 is 14.6 Å². The van der Waals surface area contributed by atoms with Gasteiger partial charge in [-0.25, -0.2) is 4.79 Å². The van der Waals surface area contributed by atoms with Gasteiger partial charge in [0.05, 0.1) is 12.2 Å². The van der Waals surface area contributed by atoms with Crippen molar-refractivity contribution in [1.82, 2.24) is 0 Å². The maximum Gasteiger partial charge on any atom is 0.335 e. The number of benzene rings is 2. The molecular formula is C18H19NO3. The molecule has 1 heterocycles. The molecule has 2 aromatic rings. The van der Waals surface area contributed by atoms with Gasteiger partial charge in [-0.05, 0) is 41.8 Å². The largest absolute Gasteiger partial charge is 0.478 e. The molecule has 1 aliphatic rings. The fraction of sp³-hybridized carbons (Fsp3) is 0.278. The van der Waals surface area contributed by atoms with Crippen LogP contribution in [0.1, 0.15) is 33.8 Å². The van der Waals surface area contributed by atoms with Crippen molar-refractivity contribution in [2.24, 2.45) is 0 Å². The zero-order valence-corrected chi connectivity index (χ0v) is 12.3. The summed E-state index contributed by atoms with van der Waals surface area (Å²) in [5, 5.41) is 12.3. The highest BCUT2D eigenvalue weighted by molar-refractivity contribution is 5.87. The molecule has 1 atom stereocenters. The van der Waals surface area contributed by atoms with Crippen LogP contribution in [0.5, 0.6) is 0 Å². The van der Waals surface area contributed by atoms with Crippen LogP contribution < -0.4 is 5.32 Å². The molecule has 1 aliphatic heterocycles. The van der Waals surface area contributed by atoms with Crippen LogP contribution in [-0.2, 0) is 11.3 Å². The Kier molecular flexibility index (Phi) is 4.39. The first kappa shape index (κ1) is 14.6. The normalized spacial score (nSPS) is 17.4. The smallest absolute Gasteiger partial charge is 0.335 e. The number of carboxylic acids is 1. The molecule has 0 aliphatic carbocycles. The fourth-order valence-corrected chi connectivity index (χ4v) is 2.69. The Bertz CT molecular complexity index is 646. The van der Waals surface area contributed by atoms with E-state index in [1.54, 1.807) is 18.2 Å². The average molecular weight is 297 g/mol. The first-order chi connectivity index (χ1) is 10.7. The van der Waals surface area contributed by atoms with Crippen molar-refractivity contribution in [2.75, 3.05) is 18.5 Å². The Morgan fingerprint density at radius 3 is 2.73 bits per heavy atom. The van der Waals surface area contributed by atoms with Gasteiger partial charge in [-0.2, -0.15) is 0 Å². The zero-order valence-electron chi connectivity index (χ0n) is 12.3. The van der Waals surface area contributed by atoms with Crippen molar-refractivity contribution in [1.29, 1.82) is 0 Å². The molecule has 1 saturated heterocycles. The van der Waals surface area contributed by atoms with Gasteiger partial charge < -0.3 is 15.2 Å².